The zero-order chi connectivity index (χ0) is 20.3. The number of carbonyl (C=O) groups excluding carboxylic acids is 2. The van der Waals surface area contributed by atoms with Crippen LogP contribution in [-0.2, 0) is 14.3 Å². The lowest BCUT2D eigenvalue weighted by molar-refractivity contribution is -0.132. The van der Waals surface area contributed by atoms with Gasteiger partial charge in [0.05, 0.1) is 10.2 Å². The Hall–Kier alpha value is -2.75. The SMILES string of the molecule is CCOc1cc(C=C2N=C(c3ccc(F)cc3)OC2=O)cc(I)c1OC(C)=O. The van der Waals surface area contributed by atoms with E-state index in [2.05, 4.69) is 4.99 Å². The zero-order valence-corrected chi connectivity index (χ0v) is 17.2. The van der Waals surface area contributed by atoms with Crippen molar-refractivity contribution >= 4 is 46.5 Å². The van der Waals surface area contributed by atoms with Crippen molar-refractivity contribution in [2.75, 3.05) is 6.61 Å². The molecule has 0 amide bonds. The van der Waals surface area contributed by atoms with E-state index in [0.717, 1.165) is 0 Å². The van der Waals surface area contributed by atoms with Crippen molar-refractivity contribution in [2.45, 2.75) is 13.8 Å². The number of aliphatic imine (C=N–C) groups is 1. The van der Waals surface area contributed by atoms with Gasteiger partial charge in [0.2, 0.25) is 5.90 Å². The molecule has 1 aliphatic rings. The van der Waals surface area contributed by atoms with Crippen molar-refractivity contribution in [2.24, 2.45) is 4.99 Å². The first-order valence-corrected chi connectivity index (χ1v) is 9.38. The number of halogens is 2. The molecule has 2 aromatic rings. The molecule has 0 saturated carbocycles. The first-order chi connectivity index (χ1) is 13.4. The van der Waals surface area contributed by atoms with E-state index in [-0.39, 0.29) is 11.6 Å². The third-order valence-electron chi connectivity index (χ3n) is 3.59. The van der Waals surface area contributed by atoms with Crippen LogP contribution in [0.15, 0.2) is 47.1 Å². The number of ether oxygens (including phenoxy) is 3. The number of rotatable bonds is 5. The van der Waals surface area contributed by atoms with Crippen LogP contribution in [-0.4, -0.2) is 24.4 Å². The largest absolute Gasteiger partial charge is 0.490 e. The van der Waals surface area contributed by atoms with Gasteiger partial charge in [-0.1, -0.05) is 0 Å². The van der Waals surface area contributed by atoms with Gasteiger partial charge in [-0.2, -0.15) is 0 Å². The van der Waals surface area contributed by atoms with Gasteiger partial charge >= 0.3 is 11.9 Å². The molecule has 0 N–H and O–H groups in total. The first kappa shape index (κ1) is 20.0. The number of hydrogen-bond acceptors (Lipinski definition) is 6. The summed E-state index contributed by atoms with van der Waals surface area (Å²) in [5.74, 6) is -0.663. The second kappa shape index (κ2) is 8.51. The molecule has 0 spiro atoms. The Bertz CT molecular complexity index is 998. The smallest absolute Gasteiger partial charge is 0.363 e. The lowest BCUT2D eigenvalue weighted by Crippen LogP contribution is -2.06. The van der Waals surface area contributed by atoms with Gasteiger partial charge in [-0.25, -0.2) is 14.2 Å². The highest BCUT2D eigenvalue weighted by Crippen LogP contribution is 2.35. The zero-order valence-electron chi connectivity index (χ0n) is 15.0. The lowest BCUT2D eigenvalue weighted by atomic mass is 10.1. The van der Waals surface area contributed by atoms with Gasteiger partial charge in [0.15, 0.2) is 17.2 Å². The maximum absolute atomic E-state index is 13.1. The number of nitrogens with zero attached hydrogens (tertiary/aromatic N) is 1. The van der Waals surface area contributed by atoms with Crippen molar-refractivity contribution in [1.29, 1.82) is 0 Å². The highest BCUT2D eigenvalue weighted by molar-refractivity contribution is 14.1. The fraction of sp³-hybridized carbons (Fsp3) is 0.150. The second-order valence-electron chi connectivity index (χ2n) is 5.70. The molecule has 2 aromatic carbocycles. The molecule has 0 saturated heterocycles. The minimum atomic E-state index is -0.614. The molecule has 0 radical (unpaired) electrons. The van der Waals surface area contributed by atoms with Crippen LogP contribution in [0, 0.1) is 9.39 Å². The maximum atomic E-state index is 13.1. The van der Waals surface area contributed by atoms with Crippen molar-refractivity contribution in [3.63, 3.8) is 0 Å². The molecule has 0 aromatic heterocycles. The molecule has 0 atom stereocenters. The topological polar surface area (TPSA) is 74.2 Å². The van der Waals surface area contributed by atoms with Gasteiger partial charge in [0, 0.05) is 12.5 Å². The van der Waals surface area contributed by atoms with Gasteiger partial charge in [0.1, 0.15) is 5.82 Å². The number of cyclic esters (lactones) is 1. The van der Waals surface area contributed by atoms with Crippen LogP contribution in [0.1, 0.15) is 25.0 Å². The van der Waals surface area contributed by atoms with E-state index in [4.69, 9.17) is 14.2 Å². The lowest BCUT2D eigenvalue weighted by Gasteiger charge is -2.12. The number of hydrogen-bond donors (Lipinski definition) is 0. The monoisotopic (exact) mass is 495 g/mol. The summed E-state index contributed by atoms with van der Waals surface area (Å²) in [6, 6.07) is 8.86. The third-order valence-corrected chi connectivity index (χ3v) is 4.39. The van der Waals surface area contributed by atoms with E-state index in [0.29, 0.717) is 32.8 Å². The summed E-state index contributed by atoms with van der Waals surface area (Å²) in [7, 11) is 0. The number of esters is 2. The predicted octanol–water partition coefficient (Wildman–Crippen LogP) is 4.10. The van der Waals surface area contributed by atoms with Crippen molar-refractivity contribution < 1.29 is 28.2 Å². The summed E-state index contributed by atoms with van der Waals surface area (Å²) in [5.41, 5.74) is 1.21. The van der Waals surface area contributed by atoms with E-state index in [1.54, 1.807) is 18.2 Å². The van der Waals surface area contributed by atoms with Gasteiger partial charge in [-0.05, 0) is 77.6 Å². The molecule has 28 heavy (non-hydrogen) atoms. The Morgan fingerprint density at radius 2 is 2.00 bits per heavy atom. The Kier molecular flexibility index (Phi) is 6.08. The minimum absolute atomic E-state index is 0.0952. The summed E-state index contributed by atoms with van der Waals surface area (Å²) in [6.07, 6.45) is 1.54. The molecule has 1 aliphatic heterocycles. The van der Waals surface area contributed by atoms with Gasteiger partial charge in [-0.15, -0.1) is 0 Å². The van der Waals surface area contributed by atoms with E-state index >= 15 is 0 Å². The van der Waals surface area contributed by atoms with Crippen LogP contribution in [0.3, 0.4) is 0 Å². The first-order valence-electron chi connectivity index (χ1n) is 8.30. The molecule has 0 aliphatic carbocycles. The van der Waals surface area contributed by atoms with Gasteiger partial charge in [0.25, 0.3) is 0 Å². The van der Waals surface area contributed by atoms with Crippen LogP contribution in [0.2, 0.25) is 0 Å². The second-order valence-corrected chi connectivity index (χ2v) is 6.86. The van der Waals surface area contributed by atoms with Crippen molar-refractivity contribution in [3.8, 4) is 11.5 Å². The molecular formula is C20H15FINO5. The average Bonchev–Trinajstić information content (AvgIpc) is 2.99. The van der Waals surface area contributed by atoms with E-state index in [1.165, 1.54) is 31.2 Å². The van der Waals surface area contributed by atoms with Gasteiger partial charge in [-0.3, -0.25) is 4.79 Å². The van der Waals surface area contributed by atoms with E-state index < -0.39 is 17.8 Å². The Labute approximate surface area is 174 Å². The van der Waals surface area contributed by atoms with E-state index in [1.807, 2.05) is 29.5 Å². The Balaban J connectivity index is 1.96. The molecular weight excluding hydrogens is 480 g/mol. The molecule has 0 bridgehead atoms. The standard InChI is InChI=1S/C20H15FINO5/c1-3-26-17-10-12(8-15(22)18(17)27-11(2)24)9-16-20(25)28-19(23-16)13-4-6-14(21)7-5-13/h4-10H,3H2,1-2H3. The minimum Gasteiger partial charge on any atom is -0.490 e. The summed E-state index contributed by atoms with van der Waals surface area (Å²) >= 11 is 2.02. The molecule has 144 valence electrons. The van der Waals surface area contributed by atoms with Gasteiger partial charge < -0.3 is 14.2 Å². The predicted molar refractivity (Wildman–Crippen MR) is 109 cm³/mol. The van der Waals surface area contributed by atoms with Crippen molar-refractivity contribution in [3.05, 3.63) is 62.6 Å². The Morgan fingerprint density at radius 3 is 2.64 bits per heavy atom. The van der Waals surface area contributed by atoms with Crippen LogP contribution >= 0.6 is 22.6 Å². The van der Waals surface area contributed by atoms with Crippen LogP contribution in [0.5, 0.6) is 11.5 Å². The molecule has 0 fully saturated rings. The Morgan fingerprint density at radius 1 is 1.29 bits per heavy atom. The quantitative estimate of drug-likeness (QED) is 0.271. The average molecular weight is 495 g/mol. The maximum Gasteiger partial charge on any atom is 0.363 e. The van der Waals surface area contributed by atoms with Crippen LogP contribution in [0.25, 0.3) is 6.08 Å². The highest BCUT2D eigenvalue weighted by Gasteiger charge is 2.24. The molecule has 1 heterocycles. The van der Waals surface area contributed by atoms with E-state index in [9.17, 15) is 14.0 Å². The number of benzene rings is 2. The third kappa shape index (κ3) is 4.56. The fourth-order valence-electron chi connectivity index (χ4n) is 2.46. The fourth-order valence-corrected chi connectivity index (χ4v) is 3.20. The normalized spacial score (nSPS) is 14.6. The summed E-state index contributed by atoms with van der Waals surface area (Å²) in [4.78, 5) is 27.7. The molecule has 6 nitrogen and oxygen atoms in total. The highest BCUT2D eigenvalue weighted by atomic mass is 127. The van der Waals surface area contributed by atoms with Crippen molar-refractivity contribution in [1.82, 2.24) is 0 Å². The summed E-state index contributed by atoms with van der Waals surface area (Å²) < 4.78 is 29.6. The summed E-state index contributed by atoms with van der Waals surface area (Å²) in [5, 5.41) is 0. The molecule has 0 unspecified atom stereocenters. The molecule has 8 heteroatoms. The van der Waals surface area contributed by atoms with Crippen LogP contribution in [0.4, 0.5) is 4.39 Å². The van der Waals surface area contributed by atoms with Crippen LogP contribution < -0.4 is 9.47 Å². The summed E-state index contributed by atoms with van der Waals surface area (Å²) in [6.45, 7) is 3.49. The number of carbonyl (C=O) groups is 2. The molecule has 3 rings (SSSR count).